The third-order valence-corrected chi connectivity index (χ3v) is 5.42. The van der Waals surface area contributed by atoms with Crippen LogP contribution in [-0.2, 0) is 14.3 Å². The van der Waals surface area contributed by atoms with E-state index in [0.717, 1.165) is 5.69 Å². The smallest absolute Gasteiger partial charge is 0.274 e. The number of rotatable bonds is 3. The summed E-state index contributed by atoms with van der Waals surface area (Å²) in [4.78, 5) is 50.8. The molecule has 3 saturated heterocycles. The molecule has 4 heterocycles. The van der Waals surface area contributed by atoms with Crippen molar-refractivity contribution >= 4 is 17.7 Å². The van der Waals surface area contributed by atoms with Gasteiger partial charge in [0.25, 0.3) is 5.91 Å². The molecule has 0 bridgehead atoms. The average molecular weight is 373 g/mol. The van der Waals surface area contributed by atoms with Gasteiger partial charge in [0, 0.05) is 45.3 Å². The van der Waals surface area contributed by atoms with Gasteiger partial charge >= 0.3 is 0 Å². The van der Waals surface area contributed by atoms with Crippen LogP contribution < -0.4 is 0 Å². The van der Waals surface area contributed by atoms with Gasteiger partial charge in [0.15, 0.2) is 0 Å². The van der Waals surface area contributed by atoms with E-state index in [2.05, 4.69) is 9.97 Å². The Bertz CT molecular complexity index is 741. The van der Waals surface area contributed by atoms with Crippen molar-refractivity contribution in [2.45, 2.75) is 19.4 Å². The molecule has 9 heteroatoms. The first-order chi connectivity index (χ1) is 13.0. The maximum Gasteiger partial charge on any atom is 0.274 e. The van der Waals surface area contributed by atoms with Crippen LogP contribution in [0.5, 0.6) is 0 Å². The van der Waals surface area contributed by atoms with Crippen LogP contribution in [0, 0.1) is 12.8 Å². The molecule has 0 aromatic carbocycles. The fourth-order valence-electron chi connectivity index (χ4n) is 3.78. The fourth-order valence-corrected chi connectivity index (χ4v) is 3.78. The van der Waals surface area contributed by atoms with E-state index in [4.69, 9.17) is 4.74 Å². The van der Waals surface area contributed by atoms with Crippen molar-refractivity contribution in [1.82, 2.24) is 24.7 Å². The van der Waals surface area contributed by atoms with Gasteiger partial charge in [-0.25, -0.2) is 4.98 Å². The number of morpholine rings is 1. The third-order valence-electron chi connectivity index (χ3n) is 5.42. The molecule has 0 aliphatic carbocycles. The van der Waals surface area contributed by atoms with Crippen LogP contribution in [0.4, 0.5) is 0 Å². The highest BCUT2D eigenvalue weighted by atomic mass is 16.5. The van der Waals surface area contributed by atoms with Crippen molar-refractivity contribution in [3.63, 3.8) is 0 Å². The van der Waals surface area contributed by atoms with Crippen molar-refractivity contribution in [3.05, 3.63) is 23.8 Å². The van der Waals surface area contributed by atoms with Gasteiger partial charge in [-0.15, -0.1) is 0 Å². The molecule has 3 amide bonds. The van der Waals surface area contributed by atoms with Gasteiger partial charge < -0.3 is 19.4 Å². The molecule has 0 saturated carbocycles. The minimum atomic E-state index is -0.289. The van der Waals surface area contributed by atoms with Crippen LogP contribution in [-0.4, -0.2) is 94.4 Å². The van der Waals surface area contributed by atoms with E-state index in [9.17, 15) is 14.4 Å². The number of hydrogen-bond donors (Lipinski definition) is 0. The monoisotopic (exact) mass is 373 g/mol. The molecule has 1 aromatic heterocycles. The van der Waals surface area contributed by atoms with E-state index in [1.807, 2.05) is 6.92 Å². The molecule has 1 atom stereocenters. The second kappa shape index (κ2) is 7.22. The number of aryl methyl sites for hydroxylation is 1. The average Bonchev–Trinajstić information content (AvgIpc) is 3.02. The molecule has 27 heavy (non-hydrogen) atoms. The summed E-state index contributed by atoms with van der Waals surface area (Å²) >= 11 is 0. The van der Waals surface area contributed by atoms with Crippen LogP contribution in [0.15, 0.2) is 12.4 Å². The number of carbonyl (C=O) groups excluding carboxylic acids is 3. The van der Waals surface area contributed by atoms with Crippen LogP contribution in [0.1, 0.15) is 22.6 Å². The van der Waals surface area contributed by atoms with Crippen LogP contribution >= 0.6 is 0 Å². The summed E-state index contributed by atoms with van der Waals surface area (Å²) < 4.78 is 5.28. The molecule has 3 fully saturated rings. The normalized spacial score (nSPS) is 23.5. The molecule has 0 spiro atoms. The third kappa shape index (κ3) is 3.51. The molecule has 1 unspecified atom stereocenters. The quantitative estimate of drug-likeness (QED) is 0.696. The summed E-state index contributed by atoms with van der Waals surface area (Å²) in [6.07, 6.45) is 3.30. The minimum absolute atomic E-state index is 0.00571. The topological polar surface area (TPSA) is 95.9 Å². The Labute approximate surface area is 157 Å². The van der Waals surface area contributed by atoms with E-state index < -0.39 is 0 Å². The molecular weight excluding hydrogens is 350 g/mol. The zero-order valence-electron chi connectivity index (χ0n) is 15.3. The van der Waals surface area contributed by atoms with Crippen LogP contribution in [0.2, 0.25) is 0 Å². The van der Waals surface area contributed by atoms with Crippen LogP contribution in [0.3, 0.4) is 0 Å². The summed E-state index contributed by atoms with van der Waals surface area (Å²) in [5.74, 6) is -0.431. The lowest BCUT2D eigenvalue weighted by Crippen LogP contribution is -2.61. The van der Waals surface area contributed by atoms with Gasteiger partial charge in [-0.3, -0.25) is 19.4 Å². The Hall–Kier alpha value is -2.55. The van der Waals surface area contributed by atoms with Gasteiger partial charge in [0.05, 0.1) is 37.1 Å². The standard InChI is InChI=1S/C18H23N5O4/c1-12-7-20-15(8-19-12)18(26)22-10-14(11-22)23-9-13(6-16(23)24)17(25)21-2-4-27-5-3-21/h7-8,13-14H,2-6,9-11H2,1H3. The first kappa shape index (κ1) is 17.8. The van der Waals surface area contributed by atoms with Crippen molar-refractivity contribution < 1.29 is 19.1 Å². The molecule has 0 N–H and O–H groups in total. The van der Waals surface area contributed by atoms with Gasteiger partial charge in [-0.2, -0.15) is 0 Å². The Kier molecular flexibility index (Phi) is 4.77. The Morgan fingerprint density at radius 2 is 1.81 bits per heavy atom. The number of nitrogens with zero attached hydrogens (tertiary/aromatic N) is 5. The Morgan fingerprint density at radius 1 is 1.07 bits per heavy atom. The summed E-state index contributed by atoms with van der Waals surface area (Å²) in [6, 6.07) is -0.0256. The molecule has 144 valence electrons. The lowest BCUT2D eigenvalue weighted by Gasteiger charge is -2.43. The molecular formula is C18H23N5O4. The molecule has 4 rings (SSSR count). The zero-order chi connectivity index (χ0) is 19.0. The van der Waals surface area contributed by atoms with Gasteiger partial charge in [-0.05, 0) is 6.92 Å². The van der Waals surface area contributed by atoms with E-state index in [-0.39, 0.29) is 36.1 Å². The minimum Gasteiger partial charge on any atom is -0.378 e. The first-order valence-electron chi connectivity index (χ1n) is 9.27. The number of amides is 3. The van der Waals surface area contributed by atoms with Gasteiger partial charge in [0.1, 0.15) is 5.69 Å². The highest BCUT2D eigenvalue weighted by Crippen LogP contribution is 2.27. The number of hydrogen-bond acceptors (Lipinski definition) is 6. The maximum atomic E-state index is 12.6. The predicted molar refractivity (Wildman–Crippen MR) is 93.7 cm³/mol. The van der Waals surface area contributed by atoms with Crippen LogP contribution in [0.25, 0.3) is 0 Å². The lowest BCUT2D eigenvalue weighted by molar-refractivity contribution is -0.139. The summed E-state index contributed by atoms with van der Waals surface area (Å²) in [5.41, 5.74) is 1.07. The molecule has 3 aliphatic heterocycles. The van der Waals surface area contributed by atoms with Crippen molar-refractivity contribution in [3.8, 4) is 0 Å². The number of likely N-dealkylation sites (tertiary alicyclic amines) is 2. The van der Waals surface area contributed by atoms with E-state index in [1.54, 1.807) is 20.9 Å². The Morgan fingerprint density at radius 3 is 2.48 bits per heavy atom. The van der Waals surface area contributed by atoms with E-state index >= 15 is 0 Å². The molecule has 1 aromatic rings. The molecule has 9 nitrogen and oxygen atoms in total. The van der Waals surface area contributed by atoms with E-state index in [0.29, 0.717) is 51.6 Å². The number of ether oxygens (including phenoxy) is 1. The van der Waals surface area contributed by atoms with Gasteiger partial charge in [-0.1, -0.05) is 0 Å². The zero-order valence-corrected chi connectivity index (χ0v) is 15.3. The van der Waals surface area contributed by atoms with Crippen molar-refractivity contribution in [2.24, 2.45) is 5.92 Å². The highest BCUT2D eigenvalue weighted by molar-refractivity contribution is 5.93. The summed E-state index contributed by atoms with van der Waals surface area (Å²) in [6.45, 7) is 5.48. The molecule has 3 aliphatic rings. The molecule has 0 radical (unpaired) electrons. The second-order valence-electron chi connectivity index (χ2n) is 7.29. The second-order valence-corrected chi connectivity index (χ2v) is 7.29. The van der Waals surface area contributed by atoms with Gasteiger partial charge in [0.2, 0.25) is 11.8 Å². The predicted octanol–water partition coefficient (Wildman–Crippen LogP) is -0.683. The summed E-state index contributed by atoms with van der Waals surface area (Å²) in [5, 5.41) is 0. The van der Waals surface area contributed by atoms with E-state index in [1.165, 1.54) is 6.20 Å². The number of aromatic nitrogens is 2. The first-order valence-corrected chi connectivity index (χ1v) is 9.27. The highest BCUT2D eigenvalue weighted by Gasteiger charge is 2.44. The lowest BCUT2D eigenvalue weighted by atomic mass is 10.1. The summed E-state index contributed by atoms with van der Waals surface area (Å²) in [7, 11) is 0. The number of carbonyl (C=O) groups is 3. The Balaban J connectivity index is 1.31. The maximum absolute atomic E-state index is 12.6. The SMILES string of the molecule is Cc1cnc(C(=O)N2CC(N3CC(C(=O)N4CCOCC4)CC3=O)C2)cn1. The fraction of sp³-hybridized carbons (Fsp3) is 0.611. The van der Waals surface area contributed by atoms with Crippen molar-refractivity contribution in [1.29, 1.82) is 0 Å². The van der Waals surface area contributed by atoms with Crippen molar-refractivity contribution in [2.75, 3.05) is 45.9 Å². The largest absolute Gasteiger partial charge is 0.378 e.